The number of imidazole rings is 1. The molecule has 1 aromatic carbocycles. The van der Waals surface area contributed by atoms with Gasteiger partial charge in [-0.3, -0.25) is 0 Å². The fourth-order valence-electron chi connectivity index (χ4n) is 2.44. The predicted octanol–water partition coefficient (Wildman–Crippen LogP) is 1.97. The molecule has 0 atom stereocenters. The fourth-order valence-corrected chi connectivity index (χ4v) is 2.44. The molecule has 0 saturated heterocycles. The Morgan fingerprint density at radius 1 is 1.28 bits per heavy atom. The first-order valence-electron chi connectivity index (χ1n) is 6.21. The standard InChI is InChI=1S/C14H17N3O/c1-10-14(11-3-5-12(18-2)6-4-11)16-13-9-15-7-8-17(10)13/h3-6,15H,7-9H2,1-2H3. The van der Waals surface area contributed by atoms with E-state index in [1.54, 1.807) is 7.11 Å². The third kappa shape index (κ3) is 1.78. The van der Waals surface area contributed by atoms with Crippen molar-refractivity contribution in [1.29, 1.82) is 0 Å². The number of methoxy groups -OCH3 is 1. The molecular weight excluding hydrogens is 226 g/mol. The molecule has 1 N–H and O–H groups in total. The molecule has 0 unspecified atom stereocenters. The summed E-state index contributed by atoms with van der Waals surface area (Å²) in [6, 6.07) is 8.08. The van der Waals surface area contributed by atoms with Gasteiger partial charge < -0.3 is 14.6 Å². The molecule has 0 spiro atoms. The van der Waals surface area contributed by atoms with Gasteiger partial charge in [0.15, 0.2) is 0 Å². The van der Waals surface area contributed by atoms with E-state index in [0.717, 1.165) is 42.5 Å². The summed E-state index contributed by atoms with van der Waals surface area (Å²) in [6.45, 7) is 5.02. The number of ether oxygens (including phenoxy) is 1. The highest BCUT2D eigenvalue weighted by molar-refractivity contribution is 5.63. The Morgan fingerprint density at radius 2 is 2.06 bits per heavy atom. The molecular formula is C14H17N3O. The van der Waals surface area contributed by atoms with Crippen LogP contribution in [-0.2, 0) is 13.1 Å². The second-order valence-electron chi connectivity index (χ2n) is 4.52. The Balaban J connectivity index is 2.02. The lowest BCUT2D eigenvalue weighted by atomic mass is 10.1. The van der Waals surface area contributed by atoms with E-state index in [-0.39, 0.29) is 0 Å². The van der Waals surface area contributed by atoms with Crippen molar-refractivity contribution >= 4 is 0 Å². The number of hydrogen-bond acceptors (Lipinski definition) is 3. The lowest BCUT2D eigenvalue weighted by molar-refractivity contribution is 0.415. The molecule has 0 radical (unpaired) electrons. The highest BCUT2D eigenvalue weighted by Crippen LogP contribution is 2.26. The normalized spacial score (nSPS) is 14.3. The van der Waals surface area contributed by atoms with E-state index < -0.39 is 0 Å². The van der Waals surface area contributed by atoms with Crippen molar-refractivity contribution in [2.24, 2.45) is 0 Å². The van der Waals surface area contributed by atoms with Crippen LogP contribution >= 0.6 is 0 Å². The van der Waals surface area contributed by atoms with Gasteiger partial charge in [0, 0.05) is 24.3 Å². The molecule has 2 heterocycles. The second kappa shape index (κ2) is 4.46. The van der Waals surface area contributed by atoms with Crippen molar-refractivity contribution in [3.63, 3.8) is 0 Å². The largest absolute Gasteiger partial charge is 0.497 e. The molecule has 94 valence electrons. The molecule has 0 fully saturated rings. The lowest BCUT2D eigenvalue weighted by Gasteiger charge is -2.16. The Kier molecular flexibility index (Phi) is 2.80. The molecule has 0 saturated carbocycles. The van der Waals surface area contributed by atoms with Gasteiger partial charge in [0.05, 0.1) is 19.3 Å². The average molecular weight is 243 g/mol. The van der Waals surface area contributed by atoms with Crippen LogP contribution in [0, 0.1) is 6.92 Å². The Hall–Kier alpha value is -1.81. The van der Waals surface area contributed by atoms with Gasteiger partial charge in [-0.15, -0.1) is 0 Å². The van der Waals surface area contributed by atoms with Crippen LogP contribution in [0.1, 0.15) is 11.5 Å². The smallest absolute Gasteiger partial charge is 0.123 e. The van der Waals surface area contributed by atoms with Crippen LogP contribution in [-0.4, -0.2) is 23.2 Å². The fraction of sp³-hybridized carbons (Fsp3) is 0.357. The van der Waals surface area contributed by atoms with Crippen LogP contribution in [0.4, 0.5) is 0 Å². The van der Waals surface area contributed by atoms with Gasteiger partial charge in [-0.05, 0) is 31.2 Å². The predicted molar refractivity (Wildman–Crippen MR) is 70.7 cm³/mol. The number of nitrogens with one attached hydrogen (secondary N) is 1. The summed E-state index contributed by atoms with van der Waals surface area (Å²) in [5, 5.41) is 3.35. The minimum absolute atomic E-state index is 0.858. The molecule has 1 aliphatic rings. The highest BCUT2D eigenvalue weighted by atomic mass is 16.5. The number of benzene rings is 1. The van der Waals surface area contributed by atoms with Crippen LogP contribution < -0.4 is 10.1 Å². The molecule has 4 nitrogen and oxygen atoms in total. The van der Waals surface area contributed by atoms with Crippen molar-refractivity contribution < 1.29 is 4.74 Å². The number of fused-ring (bicyclic) bond motifs is 1. The molecule has 18 heavy (non-hydrogen) atoms. The van der Waals surface area contributed by atoms with Gasteiger partial charge in [-0.2, -0.15) is 0 Å². The van der Waals surface area contributed by atoms with Crippen LogP contribution in [0.5, 0.6) is 5.75 Å². The van der Waals surface area contributed by atoms with E-state index in [9.17, 15) is 0 Å². The van der Waals surface area contributed by atoms with Gasteiger partial charge in [-0.1, -0.05) is 0 Å². The Bertz CT molecular complexity index is 557. The van der Waals surface area contributed by atoms with E-state index in [4.69, 9.17) is 9.72 Å². The van der Waals surface area contributed by atoms with Gasteiger partial charge >= 0.3 is 0 Å². The monoisotopic (exact) mass is 243 g/mol. The summed E-state index contributed by atoms with van der Waals surface area (Å²) in [5.41, 5.74) is 3.48. The van der Waals surface area contributed by atoms with Crippen molar-refractivity contribution in [2.75, 3.05) is 13.7 Å². The second-order valence-corrected chi connectivity index (χ2v) is 4.52. The first-order chi connectivity index (χ1) is 8.79. The summed E-state index contributed by atoms with van der Waals surface area (Å²) in [4.78, 5) is 4.74. The summed E-state index contributed by atoms with van der Waals surface area (Å²) in [7, 11) is 1.68. The van der Waals surface area contributed by atoms with Crippen LogP contribution in [0.3, 0.4) is 0 Å². The summed E-state index contributed by atoms with van der Waals surface area (Å²) in [6.07, 6.45) is 0. The minimum Gasteiger partial charge on any atom is -0.497 e. The maximum absolute atomic E-state index is 5.18. The van der Waals surface area contributed by atoms with Crippen molar-refractivity contribution in [1.82, 2.24) is 14.9 Å². The van der Waals surface area contributed by atoms with E-state index in [2.05, 4.69) is 28.9 Å². The third-order valence-electron chi connectivity index (χ3n) is 3.46. The number of hydrogen-bond donors (Lipinski definition) is 1. The van der Waals surface area contributed by atoms with E-state index in [1.807, 2.05) is 12.1 Å². The zero-order valence-electron chi connectivity index (χ0n) is 10.7. The zero-order chi connectivity index (χ0) is 12.5. The summed E-state index contributed by atoms with van der Waals surface area (Å²) in [5.74, 6) is 2.01. The highest BCUT2D eigenvalue weighted by Gasteiger charge is 2.17. The Morgan fingerprint density at radius 3 is 2.72 bits per heavy atom. The molecule has 1 aliphatic heterocycles. The summed E-state index contributed by atoms with van der Waals surface area (Å²) < 4.78 is 7.48. The topological polar surface area (TPSA) is 39.1 Å². The lowest BCUT2D eigenvalue weighted by Crippen LogP contribution is -2.28. The molecule has 4 heteroatoms. The zero-order valence-corrected chi connectivity index (χ0v) is 10.7. The van der Waals surface area contributed by atoms with E-state index in [1.165, 1.54) is 5.69 Å². The number of nitrogens with zero attached hydrogens (tertiary/aromatic N) is 2. The first-order valence-corrected chi connectivity index (χ1v) is 6.21. The molecule has 0 amide bonds. The Labute approximate surface area is 107 Å². The van der Waals surface area contributed by atoms with Gasteiger partial charge in [0.25, 0.3) is 0 Å². The number of rotatable bonds is 2. The third-order valence-corrected chi connectivity index (χ3v) is 3.46. The molecule has 0 bridgehead atoms. The van der Waals surface area contributed by atoms with Crippen molar-refractivity contribution in [2.45, 2.75) is 20.0 Å². The van der Waals surface area contributed by atoms with E-state index >= 15 is 0 Å². The molecule has 0 aliphatic carbocycles. The number of aromatic nitrogens is 2. The van der Waals surface area contributed by atoms with Gasteiger partial charge in [-0.25, -0.2) is 4.98 Å². The van der Waals surface area contributed by atoms with Crippen LogP contribution in [0.25, 0.3) is 11.3 Å². The molecule has 1 aromatic heterocycles. The van der Waals surface area contributed by atoms with Gasteiger partial charge in [0.2, 0.25) is 0 Å². The van der Waals surface area contributed by atoms with E-state index in [0.29, 0.717) is 0 Å². The van der Waals surface area contributed by atoms with Crippen molar-refractivity contribution in [3.8, 4) is 17.0 Å². The molecule has 2 aromatic rings. The van der Waals surface area contributed by atoms with Gasteiger partial charge in [0.1, 0.15) is 11.6 Å². The van der Waals surface area contributed by atoms with Crippen LogP contribution in [0.2, 0.25) is 0 Å². The molecule has 3 rings (SSSR count). The maximum Gasteiger partial charge on any atom is 0.123 e. The van der Waals surface area contributed by atoms with Crippen LogP contribution in [0.15, 0.2) is 24.3 Å². The minimum atomic E-state index is 0.858. The quantitative estimate of drug-likeness (QED) is 0.876. The average Bonchev–Trinajstić information content (AvgIpc) is 2.77. The maximum atomic E-state index is 5.18. The SMILES string of the molecule is COc1ccc(-c2nc3n(c2C)CCNC3)cc1. The summed E-state index contributed by atoms with van der Waals surface area (Å²) >= 11 is 0. The first kappa shape index (κ1) is 11.3. The van der Waals surface area contributed by atoms with Crippen molar-refractivity contribution in [3.05, 3.63) is 35.8 Å².